The first-order valence-corrected chi connectivity index (χ1v) is 8.95. The number of ether oxygens (including phenoxy) is 1. The molecule has 0 aliphatic carbocycles. The molecule has 1 saturated heterocycles. The lowest BCUT2D eigenvalue weighted by molar-refractivity contribution is 0.188. The smallest absolute Gasteiger partial charge is 0.160 e. The summed E-state index contributed by atoms with van der Waals surface area (Å²) in [6.45, 7) is 2.18. The first kappa shape index (κ1) is 16.0. The number of aromatic amines is 1. The maximum Gasteiger partial charge on any atom is 0.160 e. The highest BCUT2D eigenvalue weighted by atomic mass is 16.5. The van der Waals surface area contributed by atoms with Gasteiger partial charge in [-0.3, -0.25) is 4.90 Å². The van der Waals surface area contributed by atoms with Gasteiger partial charge in [-0.1, -0.05) is 30.7 Å². The zero-order valence-corrected chi connectivity index (χ0v) is 14.5. The lowest BCUT2D eigenvalue weighted by Gasteiger charge is -2.35. The zero-order chi connectivity index (χ0) is 17.2. The minimum Gasteiger partial charge on any atom is -0.504 e. The van der Waals surface area contributed by atoms with Crippen molar-refractivity contribution in [1.29, 1.82) is 0 Å². The Bertz CT molecular complexity index is 865. The van der Waals surface area contributed by atoms with Gasteiger partial charge >= 0.3 is 0 Å². The van der Waals surface area contributed by atoms with E-state index >= 15 is 0 Å². The molecule has 4 rings (SSSR count). The van der Waals surface area contributed by atoms with Crippen molar-refractivity contribution in [1.82, 2.24) is 9.88 Å². The topological polar surface area (TPSA) is 48.5 Å². The fourth-order valence-electron chi connectivity index (χ4n) is 3.95. The molecule has 2 heterocycles. The lowest BCUT2D eigenvalue weighted by atomic mass is 9.94. The number of likely N-dealkylation sites (tertiary alicyclic amines) is 1. The fraction of sp³-hybridized carbons (Fsp3) is 0.333. The maximum atomic E-state index is 9.98. The summed E-state index contributed by atoms with van der Waals surface area (Å²) < 4.78 is 5.35. The first-order valence-electron chi connectivity index (χ1n) is 8.95. The number of nitrogens with zero attached hydrogens (tertiary/aromatic N) is 1. The highest BCUT2D eigenvalue weighted by molar-refractivity contribution is 5.84. The highest BCUT2D eigenvalue weighted by Gasteiger charge is 2.27. The van der Waals surface area contributed by atoms with E-state index in [0.29, 0.717) is 5.75 Å². The van der Waals surface area contributed by atoms with Gasteiger partial charge in [-0.25, -0.2) is 0 Å². The number of aromatic nitrogens is 1. The summed E-state index contributed by atoms with van der Waals surface area (Å²) in [5.74, 6) is 0.710. The quantitative estimate of drug-likeness (QED) is 0.739. The predicted octanol–water partition coefficient (Wildman–Crippen LogP) is 4.46. The van der Waals surface area contributed by atoms with Crippen molar-refractivity contribution in [3.05, 3.63) is 59.8 Å². The molecule has 130 valence electrons. The molecule has 2 N–H and O–H groups in total. The van der Waals surface area contributed by atoms with E-state index in [0.717, 1.165) is 24.2 Å². The van der Waals surface area contributed by atoms with Gasteiger partial charge in [-0.05, 0) is 55.3 Å². The third-order valence-corrected chi connectivity index (χ3v) is 5.19. The van der Waals surface area contributed by atoms with E-state index in [1.54, 1.807) is 13.2 Å². The summed E-state index contributed by atoms with van der Waals surface area (Å²) in [5.41, 5.74) is 3.59. The van der Waals surface area contributed by atoms with Crippen molar-refractivity contribution in [3.8, 4) is 11.5 Å². The van der Waals surface area contributed by atoms with E-state index in [9.17, 15) is 5.11 Å². The number of phenolic OH excluding ortho intramolecular Hbond substituents is 1. The van der Waals surface area contributed by atoms with Gasteiger partial charge in [-0.2, -0.15) is 0 Å². The number of para-hydroxylation sites is 1. The van der Waals surface area contributed by atoms with E-state index in [1.165, 1.54) is 30.2 Å². The number of aromatic hydroxyl groups is 1. The average molecular weight is 336 g/mol. The van der Waals surface area contributed by atoms with Gasteiger partial charge in [0.15, 0.2) is 11.5 Å². The minimum absolute atomic E-state index is 0.158. The normalized spacial score (nSPS) is 16.8. The standard InChI is InChI=1S/C21H24N2O2/c1-25-20-13-15(9-10-19(20)24)21(23-11-5-2-6-12-23)17-14-22-18-8-4-3-7-16(17)18/h3-4,7-10,13-14,21-22,24H,2,5-6,11-12H2,1H3. The molecular weight excluding hydrogens is 312 g/mol. The SMILES string of the molecule is COc1cc(C(c2c[nH]c3ccccc23)N2CCCCC2)ccc1O. The minimum atomic E-state index is 0.158. The van der Waals surface area contributed by atoms with Crippen LogP contribution in [0, 0.1) is 0 Å². The fourth-order valence-corrected chi connectivity index (χ4v) is 3.95. The Labute approximate surface area is 148 Å². The van der Waals surface area contributed by atoms with Gasteiger partial charge in [0.25, 0.3) is 0 Å². The highest BCUT2D eigenvalue weighted by Crippen LogP contribution is 2.38. The molecule has 1 fully saturated rings. The lowest BCUT2D eigenvalue weighted by Crippen LogP contribution is -2.34. The van der Waals surface area contributed by atoms with E-state index in [4.69, 9.17) is 4.74 Å². The van der Waals surface area contributed by atoms with Crippen LogP contribution in [0.25, 0.3) is 10.9 Å². The van der Waals surface area contributed by atoms with Crippen molar-refractivity contribution >= 4 is 10.9 Å². The summed E-state index contributed by atoms with van der Waals surface area (Å²) in [6, 6.07) is 14.3. The molecule has 0 spiro atoms. The Kier molecular flexibility index (Phi) is 4.36. The monoisotopic (exact) mass is 336 g/mol. The third-order valence-electron chi connectivity index (χ3n) is 5.19. The Balaban J connectivity index is 1.84. The molecule has 0 amide bonds. The molecule has 0 bridgehead atoms. The van der Waals surface area contributed by atoms with Gasteiger partial charge in [0.05, 0.1) is 13.2 Å². The van der Waals surface area contributed by atoms with Crippen molar-refractivity contribution in [2.75, 3.05) is 20.2 Å². The number of methoxy groups -OCH3 is 1. The number of benzene rings is 2. The van der Waals surface area contributed by atoms with E-state index in [2.05, 4.69) is 40.3 Å². The van der Waals surface area contributed by atoms with E-state index < -0.39 is 0 Å². The number of nitrogens with one attached hydrogen (secondary N) is 1. The summed E-state index contributed by atoms with van der Waals surface area (Å²) in [7, 11) is 1.60. The number of H-pyrrole nitrogens is 1. The molecule has 25 heavy (non-hydrogen) atoms. The number of hydrogen-bond acceptors (Lipinski definition) is 3. The zero-order valence-electron chi connectivity index (χ0n) is 14.5. The second kappa shape index (κ2) is 6.81. The predicted molar refractivity (Wildman–Crippen MR) is 100 cm³/mol. The largest absolute Gasteiger partial charge is 0.504 e. The molecule has 3 aromatic rings. The molecule has 0 radical (unpaired) electrons. The van der Waals surface area contributed by atoms with Gasteiger partial charge < -0.3 is 14.8 Å². The first-order chi connectivity index (χ1) is 12.3. The Morgan fingerprint density at radius 1 is 1.08 bits per heavy atom. The van der Waals surface area contributed by atoms with Crippen LogP contribution in [0.15, 0.2) is 48.7 Å². The Morgan fingerprint density at radius 3 is 2.68 bits per heavy atom. The Morgan fingerprint density at radius 2 is 1.88 bits per heavy atom. The van der Waals surface area contributed by atoms with Crippen molar-refractivity contribution in [3.63, 3.8) is 0 Å². The number of phenols is 1. The van der Waals surface area contributed by atoms with E-state index in [-0.39, 0.29) is 11.8 Å². The molecule has 1 aliphatic rings. The van der Waals surface area contributed by atoms with Crippen LogP contribution in [0.1, 0.15) is 36.4 Å². The van der Waals surface area contributed by atoms with Crippen LogP contribution in [0.2, 0.25) is 0 Å². The van der Waals surface area contributed by atoms with Crippen LogP contribution in [0.5, 0.6) is 11.5 Å². The van der Waals surface area contributed by atoms with Gasteiger partial charge in [0.2, 0.25) is 0 Å². The summed E-state index contributed by atoms with van der Waals surface area (Å²) in [4.78, 5) is 5.96. The number of piperidine rings is 1. The molecule has 1 atom stereocenters. The molecule has 1 aromatic heterocycles. The summed E-state index contributed by atoms with van der Waals surface area (Å²) >= 11 is 0. The van der Waals surface area contributed by atoms with E-state index in [1.807, 2.05) is 12.1 Å². The van der Waals surface area contributed by atoms with Crippen molar-refractivity contribution in [2.24, 2.45) is 0 Å². The molecule has 1 aliphatic heterocycles. The number of hydrogen-bond donors (Lipinski definition) is 2. The van der Waals surface area contributed by atoms with Crippen LogP contribution in [0.3, 0.4) is 0 Å². The molecule has 4 nitrogen and oxygen atoms in total. The number of fused-ring (bicyclic) bond motifs is 1. The van der Waals surface area contributed by atoms with Crippen molar-refractivity contribution < 1.29 is 9.84 Å². The second-order valence-electron chi connectivity index (χ2n) is 6.72. The Hall–Kier alpha value is -2.46. The summed E-state index contributed by atoms with van der Waals surface area (Å²) in [5, 5.41) is 11.2. The molecule has 0 saturated carbocycles. The summed E-state index contributed by atoms with van der Waals surface area (Å²) in [6.07, 6.45) is 5.89. The van der Waals surface area contributed by atoms with Gasteiger partial charge in [-0.15, -0.1) is 0 Å². The third kappa shape index (κ3) is 2.98. The molecular formula is C21H24N2O2. The van der Waals surface area contributed by atoms with Crippen LogP contribution in [-0.2, 0) is 0 Å². The van der Waals surface area contributed by atoms with Gasteiger partial charge in [0.1, 0.15) is 0 Å². The second-order valence-corrected chi connectivity index (χ2v) is 6.72. The maximum absolute atomic E-state index is 9.98. The van der Waals surface area contributed by atoms with Crippen LogP contribution >= 0.6 is 0 Å². The molecule has 1 unspecified atom stereocenters. The number of rotatable bonds is 4. The van der Waals surface area contributed by atoms with Gasteiger partial charge in [0, 0.05) is 17.1 Å². The van der Waals surface area contributed by atoms with Crippen LogP contribution in [0.4, 0.5) is 0 Å². The molecule has 2 aromatic carbocycles. The van der Waals surface area contributed by atoms with Crippen LogP contribution < -0.4 is 4.74 Å². The average Bonchev–Trinajstić information content (AvgIpc) is 3.08. The van der Waals surface area contributed by atoms with Crippen LogP contribution in [-0.4, -0.2) is 35.2 Å². The van der Waals surface area contributed by atoms with Crippen molar-refractivity contribution in [2.45, 2.75) is 25.3 Å². The molecule has 4 heteroatoms.